The number of carbonyl (C=O) groups is 1. The monoisotopic (exact) mass is 509 g/mol. The van der Waals surface area contributed by atoms with Gasteiger partial charge in [-0.2, -0.15) is 5.21 Å². The average molecular weight is 510 g/mol. The molecule has 0 unspecified atom stereocenters. The first-order chi connectivity index (χ1) is 18.5. The summed E-state index contributed by atoms with van der Waals surface area (Å²) in [4.78, 5) is 30.3. The predicted octanol–water partition coefficient (Wildman–Crippen LogP) is 4.14. The number of aryl methyl sites for hydroxylation is 2. The predicted molar refractivity (Wildman–Crippen MR) is 142 cm³/mol. The molecule has 0 amide bonds. The van der Waals surface area contributed by atoms with E-state index in [1.54, 1.807) is 23.0 Å². The summed E-state index contributed by atoms with van der Waals surface area (Å²) >= 11 is 0. The number of rotatable bonds is 9. The molecular weight excluding hydrogens is 482 g/mol. The number of hydrogen-bond donors (Lipinski definition) is 2. The number of benzene rings is 2. The van der Waals surface area contributed by atoms with Gasteiger partial charge in [0.2, 0.25) is 5.82 Å². The number of tetrazole rings is 1. The van der Waals surface area contributed by atoms with Crippen LogP contribution in [0.5, 0.6) is 0 Å². The summed E-state index contributed by atoms with van der Waals surface area (Å²) in [6.45, 7) is 4.26. The summed E-state index contributed by atoms with van der Waals surface area (Å²) in [5.41, 5.74) is 5.21. The highest BCUT2D eigenvalue weighted by atomic mass is 16.4. The third-order valence-corrected chi connectivity index (χ3v) is 6.51. The molecule has 0 atom stereocenters. The molecule has 0 fully saturated rings. The molecule has 38 heavy (non-hydrogen) atoms. The van der Waals surface area contributed by atoms with Crippen molar-refractivity contribution in [3.8, 4) is 28.2 Å². The molecule has 0 spiro atoms. The third-order valence-electron chi connectivity index (χ3n) is 6.51. The molecular formula is C28H27N7O3. The Kier molecular flexibility index (Phi) is 6.94. The number of pyridine rings is 1. The second-order valence-electron chi connectivity index (χ2n) is 8.90. The Morgan fingerprint density at radius 1 is 1.03 bits per heavy atom. The van der Waals surface area contributed by atoms with Gasteiger partial charge in [-0.1, -0.05) is 62.7 Å². The van der Waals surface area contributed by atoms with E-state index in [0.717, 1.165) is 34.4 Å². The van der Waals surface area contributed by atoms with E-state index < -0.39 is 5.97 Å². The van der Waals surface area contributed by atoms with Gasteiger partial charge in [0.05, 0.1) is 23.5 Å². The number of aromatic amines is 1. The van der Waals surface area contributed by atoms with Gasteiger partial charge in [0.1, 0.15) is 0 Å². The van der Waals surface area contributed by atoms with Crippen LogP contribution < -0.4 is 5.69 Å². The van der Waals surface area contributed by atoms with Crippen LogP contribution in [0.1, 0.15) is 47.6 Å². The Hall–Kier alpha value is -4.86. The van der Waals surface area contributed by atoms with Crippen LogP contribution in [0.2, 0.25) is 0 Å². The van der Waals surface area contributed by atoms with E-state index in [4.69, 9.17) is 0 Å². The molecule has 0 radical (unpaired) electrons. The molecule has 2 aromatic carbocycles. The first kappa shape index (κ1) is 24.8. The summed E-state index contributed by atoms with van der Waals surface area (Å²) < 4.78 is 3.15. The van der Waals surface area contributed by atoms with Gasteiger partial charge in [-0.15, -0.1) is 10.2 Å². The molecule has 0 bridgehead atoms. The van der Waals surface area contributed by atoms with Crippen LogP contribution in [0.4, 0.5) is 0 Å². The second kappa shape index (κ2) is 10.6. The minimum atomic E-state index is -1.06. The third kappa shape index (κ3) is 4.63. The maximum absolute atomic E-state index is 13.7. The zero-order chi connectivity index (χ0) is 26.6. The van der Waals surface area contributed by atoms with Crippen molar-refractivity contribution in [1.82, 2.24) is 34.7 Å². The van der Waals surface area contributed by atoms with Crippen molar-refractivity contribution in [3.63, 3.8) is 0 Å². The number of carboxylic acid groups (broad SMARTS) is 1. The van der Waals surface area contributed by atoms with Crippen molar-refractivity contribution >= 4 is 5.97 Å². The van der Waals surface area contributed by atoms with Crippen LogP contribution in [0, 0.1) is 0 Å². The highest BCUT2D eigenvalue weighted by Crippen LogP contribution is 2.29. The molecule has 0 aliphatic carbocycles. The van der Waals surface area contributed by atoms with E-state index in [-0.39, 0.29) is 17.8 Å². The molecule has 0 aliphatic rings. The molecule has 5 aromatic rings. The van der Waals surface area contributed by atoms with E-state index in [0.29, 0.717) is 30.0 Å². The van der Waals surface area contributed by atoms with E-state index in [1.165, 1.54) is 10.6 Å². The normalized spacial score (nSPS) is 11.1. The fourth-order valence-corrected chi connectivity index (χ4v) is 4.69. The maximum Gasteiger partial charge on any atom is 0.337 e. The largest absolute Gasteiger partial charge is 0.478 e. The van der Waals surface area contributed by atoms with Gasteiger partial charge in [-0.05, 0) is 41.3 Å². The first-order valence-corrected chi connectivity index (χ1v) is 12.5. The van der Waals surface area contributed by atoms with Gasteiger partial charge < -0.3 is 5.11 Å². The highest BCUT2D eigenvalue weighted by molar-refractivity contribution is 5.92. The summed E-state index contributed by atoms with van der Waals surface area (Å²) in [6, 6.07) is 16.7. The van der Waals surface area contributed by atoms with Crippen LogP contribution in [-0.2, 0) is 19.4 Å². The van der Waals surface area contributed by atoms with E-state index in [2.05, 4.69) is 25.6 Å². The Bertz CT molecular complexity index is 1630. The molecule has 3 heterocycles. The number of aromatic nitrogens is 7. The van der Waals surface area contributed by atoms with E-state index in [1.807, 2.05) is 56.3 Å². The number of imidazole rings is 1. The van der Waals surface area contributed by atoms with Gasteiger partial charge in [-0.3, -0.25) is 14.1 Å². The van der Waals surface area contributed by atoms with Crippen LogP contribution in [-0.4, -0.2) is 45.8 Å². The Morgan fingerprint density at radius 3 is 2.50 bits per heavy atom. The van der Waals surface area contributed by atoms with Gasteiger partial charge >= 0.3 is 11.7 Å². The number of aromatic carboxylic acids is 1. The highest BCUT2D eigenvalue weighted by Gasteiger charge is 2.20. The number of nitrogens with one attached hydrogen (secondary N) is 1. The van der Waals surface area contributed by atoms with Gasteiger partial charge in [0.15, 0.2) is 0 Å². The number of para-hydroxylation sites is 1. The second-order valence-corrected chi connectivity index (χ2v) is 8.90. The summed E-state index contributed by atoms with van der Waals surface area (Å²) in [5.74, 6) is -0.569. The quantitative estimate of drug-likeness (QED) is 0.305. The van der Waals surface area contributed by atoms with Crippen molar-refractivity contribution in [2.75, 3.05) is 0 Å². The Morgan fingerprint density at radius 2 is 1.84 bits per heavy atom. The molecule has 192 valence electrons. The topological polar surface area (TPSA) is 132 Å². The molecule has 2 N–H and O–H groups in total. The lowest BCUT2D eigenvalue weighted by atomic mass is 10.0. The zero-order valence-corrected chi connectivity index (χ0v) is 21.1. The van der Waals surface area contributed by atoms with Crippen molar-refractivity contribution in [2.24, 2.45) is 0 Å². The lowest BCUT2D eigenvalue weighted by Gasteiger charge is -2.11. The molecule has 0 saturated heterocycles. The van der Waals surface area contributed by atoms with Crippen LogP contribution >= 0.6 is 0 Å². The summed E-state index contributed by atoms with van der Waals surface area (Å²) in [5, 5.41) is 24.1. The van der Waals surface area contributed by atoms with Gasteiger partial charge in [-0.25, -0.2) is 9.59 Å². The van der Waals surface area contributed by atoms with Crippen molar-refractivity contribution < 1.29 is 9.90 Å². The lowest BCUT2D eigenvalue weighted by Crippen LogP contribution is -2.26. The van der Waals surface area contributed by atoms with Crippen LogP contribution in [0.25, 0.3) is 28.2 Å². The van der Waals surface area contributed by atoms with Gasteiger partial charge in [0.25, 0.3) is 0 Å². The van der Waals surface area contributed by atoms with Crippen molar-refractivity contribution in [2.45, 2.75) is 39.7 Å². The van der Waals surface area contributed by atoms with Crippen molar-refractivity contribution in [3.05, 3.63) is 100.0 Å². The smallest absolute Gasteiger partial charge is 0.337 e. The zero-order valence-electron chi connectivity index (χ0n) is 21.1. The SMILES string of the molecule is CCCc1cn(-c2c(CC)cccc2C(=O)O)c(=O)n1Cc1ccc(-c2ccccc2-c2nn[nH]n2)cn1. The van der Waals surface area contributed by atoms with Gasteiger partial charge in [0, 0.05) is 29.2 Å². The average Bonchev–Trinajstić information content (AvgIpc) is 3.58. The van der Waals surface area contributed by atoms with E-state index >= 15 is 0 Å². The van der Waals surface area contributed by atoms with E-state index in [9.17, 15) is 14.7 Å². The fourth-order valence-electron chi connectivity index (χ4n) is 4.69. The Labute approximate surface area is 218 Å². The Balaban J connectivity index is 1.52. The summed E-state index contributed by atoms with van der Waals surface area (Å²) in [6.07, 6.45) is 5.65. The number of carboxylic acids is 1. The molecule has 0 aliphatic heterocycles. The lowest BCUT2D eigenvalue weighted by molar-refractivity contribution is 0.0696. The number of H-pyrrole nitrogens is 1. The molecule has 10 heteroatoms. The molecule has 3 aromatic heterocycles. The minimum absolute atomic E-state index is 0.106. The van der Waals surface area contributed by atoms with Crippen LogP contribution in [0.3, 0.4) is 0 Å². The first-order valence-electron chi connectivity index (χ1n) is 12.5. The summed E-state index contributed by atoms with van der Waals surface area (Å²) in [7, 11) is 0. The minimum Gasteiger partial charge on any atom is -0.478 e. The fraction of sp³-hybridized carbons (Fsp3) is 0.214. The van der Waals surface area contributed by atoms with Crippen LogP contribution in [0.15, 0.2) is 71.8 Å². The number of nitrogens with zero attached hydrogens (tertiary/aromatic N) is 6. The number of hydrogen-bond acceptors (Lipinski definition) is 6. The molecule has 5 rings (SSSR count). The standard InChI is InChI=1S/C28H27N7O3/c1-3-8-21-17-35(25-18(4-2)9-7-12-24(25)27(36)37)28(38)34(21)16-20-14-13-19(15-29-20)22-10-5-6-11-23(22)26-30-32-33-31-26/h5-7,9-15,17H,3-4,8,16H2,1-2H3,(H,36,37)(H,30,31,32,33). The molecule has 10 nitrogen and oxygen atoms in total. The molecule has 0 saturated carbocycles. The maximum atomic E-state index is 13.7. The van der Waals surface area contributed by atoms with Crippen molar-refractivity contribution in [1.29, 1.82) is 0 Å².